The van der Waals surface area contributed by atoms with Gasteiger partial charge in [0.2, 0.25) is 0 Å². The third-order valence-electron chi connectivity index (χ3n) is 5.58. The minimum atomic E-state index is 0. The number of hydrogen-bond donors (Lipinski definition) is 1. The topological polar surface area (TPSA) is 41.6 Å². The molecule has 0 saturated carbocycles. The molecule has 144 valence electrons. The number of amides is 1. The molecule has 2 aromatic rings. The number of nitrogens with zero attached hydrogens (tertiary/aromatic N) is 1. The van der Waals surface area contributed by atoms with Crippen LogP contribution in [0.2, 0.25) is 5.02 Å². The van der Waals surface area contributed by atoms with E-state index in [1.165, 1.54) is 6.42 Å². The highest BCUT2D eigenvalue weighted by Gasteiger charge is 2.38. The minimum Gasteiger partial charge on any atom is -0.457 e. The average Bonchev–Trinajstić information content (AvgIpc) is 3.11. The molecule has 1 spiro atoms. The number of piperidine rings is 1. The zero-order valence-corrected chi connectivity index (χ0v) is 16.7. The third kappa shape index (κ3) is 4.57. The van der Waals surface area contributed by atoms with Crippen molar-refractivity contribution in [3.05, 3.63) is 59.1 Å². The molecule has 0 bridgehead atoms. The summed E-state index contributed by atoms with van der Waals surface area (Å²) in [7, 11) is 0. The lowest BCUT2D eigenvalue weighted by molar-refractivity contribution is 0.0607. The Morgan fingerprint density at radius 2 is 1.78 bits per heavy atom. The van der Waals surface area contributed by atoms with Gasteiger partial charge in [-0.3, -0.25) is 4.79 Å². The van der Waals surface area contributed by atoms with Gasteiger partial charge in [-0.1, -0.05) is 17.7 Å². The lowest BCUT2D eigenvalue weighted by atomic mass is 9.78. The van der Waals surface area contributed by atoms with Crippen LogP contribution in [0, 0.1) is 5.41 Å². The molecular formula is C21H24Cl2N2O2. The van der Waals surface area contributed by atoms with E-state index in [-0.39, 0.29) is 18.3 Å². The van der Waals surface area contributed by atoms with Crippen LogP contribution in [0.25, 0.3) is 0 Å². The minimum absolute atomic E-state index is 0. The fraction of sp³-hybridized carbons (Fsp3) is 0.381. The second-order valence-electron chi connectivity index (χ2n) is 7.30. The van der Waals surface area contributed by atoms with Gasteiger partial charge < -0.3 is 15.0 Å². The second kappa shape index (κ2) is 8.51. The first kappa shape index (κ1) is 20.0. The van der Waals surface area contributed by atoms with Gasteiger partial charge in [-0.15, -0.1) is 12.4 Å². The summed E-state index contributed by atoms with van der Waals surface area (Å²) in [5.74, 6) is 1.49. The number of benzene rings is 2. The predicted molar refractivity (Wildman–Crippen MR) is 110 cm³/mol. The van der Waals surface area contributed by atoms with Crippen LogP contribution in [0.5, 0.6) is 11.5 Å². The fourth-order valence-corrected chi connectivity index (χ4v) is 4.10. The molecule has 1 N–H and O–H groups in total. The number of rotatable bonds is 3. The fourth-order valence-electron chi connectivity index (χ4n) is 3.92. The molecule has 0 unspecified atom stereocenters. The van der Waals surface area contributed by atoms with E-state index in [1.807, 2.05) is 41.3 Å². The summed E-state index contributed by atoms with van der Waals surface area (Å²) in [6, 6.07) is 14.6. The van der Waals surface area contributed by atoms with E-state index >= 15 is 0 Å². The maximum atomic E-state index is 12.8. The van der Waals surface area contributed by atoms with Crippen LogP contribution in [-0.4, -0.2) is 37.0 Å². The molecule has 0 aliphatic carbocycles. The van der Waals surface area contributed by atoms with Crippen molar-refractivity contribution in [1.29, 1.82) is 0 Å². The van der Waals surface area contributed by atoms with Crippen molar-refractivity contribution in [1.82, 2.24) is 10.2 Å². The molecule has 27 heavy (non-hydrogen) atoms. The Balaban J connectivity index is 0.00000210. The number of halogens is 2. The first-order chi connectivity index (χ1) is 12.6. The quantitative estimate of drug-likeness (QED) is 0.797. The van der Waals surface area contributed by atoms with Crippen LogP contribution in [0.4, 0.5) is 0 Å². The summed E-state index contributed by atoms with van der Waals surface area (Å²) in [5.41, 5.74) is 1.13. The molecule has 4 nitrogen and oxygen atoms in total. The normalized spacial score (nSPS) is 18.2. The number of nitrogens with one attached hydrogen (secondary N) is 1. The maximum absolute atomic E-state index is 12.8. The summed E-state index contributed by atoms with van der Waals surface area (Å²) in [4.78, 5) is 14.8. The van der Waals surface area contributed by atoms with E-state index < -0.39 is 0 Å². The van der Waals surface area contributed by atoms with Crippen molar-refractivity contribution in [2.24, 2.45) is 5.41 Å². The van der Waals surface area contributed by atoms with Crippen molar-refractivity contribution in [2.45, 2.75) is 19.3 Å². The van der Waals surface area contributed by atoms with E-state index in [4.69, 9.17) is 16.3 Å². The Kier molecular flexibility index (Phi) is 6.30. The Hall–Kier alpha value is -1.75. The molecule has 6 heteroatoms. The molecule has 2 aliphatic rings. The van der Waals surface area contributed by atoms with Gasteiger partial charge in [0.05, 0.1) is 0 Å². The molecular weight excluding hydrogens is 383 g/mol. The van der Waals surface area contributed by atoms with Crippen molar-refractivity contribution in [3.8, 4) is 11.5 Å². The van der Waals surface area contributed by atoms with Gasteiger partial charge in [0.1, 0.15) is 11.5 Å². The largest absolute Gasteiger partial charge is 0.457 e. The van der Waals surface area contributed by atoms with E-state index in [9.17, 15) is 4.79 Å². The molecule has 2 fully saturated rings. The molecule has 2 heterocycles. The zero-order chi connectivity index (χ0) is 18.0. The Morgan fingerprint density at radius 3 is 2.41 bits per heavy atom. The molecule has 2 saturated heterocycles. The lowest BCUT2D eigenvalue weighted by Crippen LogP contribution is -2.44. The SMILES string of the molecule is Cl.O=C(c1ccc(Oc2cccc(Cl)c2)cc1)N1CCC2(CCNC2)CC1. The van der Waals surface area contributed by atoms with Gasteiger partial charge in [-0.05, 0) is 73.7 Å². The number of carbonyl (C=O) groups excluding carboxylic acids is 1. The van der Waals surface area contributed by atoms with Crippen LogP contribution in [0.1, 0.15) is 29.6 Å². The van der Waals surface area contributed by atoms with Crippen molar-refractivity contribution < 1.29 is 9.53 Å². The van der Waals surface area contributed by atoms with Crippen molar-refractivity contribution in [3.63, 3.8) is 0 Å². The lowest BCUT2D eigenvalue weighted by Gasteiger charge is -2.38. The molecule has 0 atom stereocenters. The van der Waals surface area contributed by atoms with E-state index in [1.54, 1.807) is 12.1 Å². The molecule has 2 aromatic carbocycles. The molecule has 1 amide bonds. The van der Waals surface area contributed by atoms with E-state index in [0.717, 1.165) is 39.0 Å². The van der Waals surface area contributed by atoms with Crippen molar-refractivity contribution in [2.75, 3.05) is 26.2 Å². The second-order valence-corrected chi connectivity index (χ2v) is 7.74. The zero-order valence-electron chi connectivity index (χ0n) is 15.1. The smallest absolute Gasteiger partial charge is 0.253 e. The Bertz CT molecular complexity index is 779. The number of carbonyl (C=O) groups is 1. The van der Waals surface area contributed by atoms with Crippen molar-refractivity contribution >= 4 is 29.9 Å². The van der Waals surface area contributed by atoms with Crippen LogP contribution >= 0.6 is 24.0 Å². The highest BCUT2D eigenvalue weighted by atomic mass is 35.5. The van der Waals surface area contributed by atoms with Gasteiger partial charge >= 0.3 is 0 Å². The van der Waals surface area contributed by atoms with Gasteiger partial charge in [0.25, 0.3) is 5.91 Å². The third-order valence-corrected chi connectivity index (χ3v) is 5.81. The van der Waals surface area contributed by atoms with Gasteiger partial charge in [0, 0.05) is 30.2 Å². The molecule has 0 radical (unpaired) electrons. The van der Waals surface area contributed by atoms with E-state index in [0.29, 0.717) is 27.5 Å². The summed E-state index contributed by atoms with van der Waals surface area (Å²) >= 11 is 5.97. The highest BCUT2D eigenvalue weighted by Crippen LogP contribution is 2.37. The molecule has 0 aromatic heterocycles. The summed E-state index contributed by atoms with van der Waals surface area (Å²) < 4.78 is 5.79. The highest BCUT2D eigenvalue weighted by molar-refractivity contribution is 6.30. The average molecular weight is 407 g/mol. The van der Waals surface area contributed by atoms with Gasteiger partial charge in [-0.25, -0.2) is 0 Å². The first-order valence-corrected chi connectivity index (χ1v) is 9.55. The molecule has 4 rings (SSSR count). The maximum Gasteiger partial charge on any atom is 0.253 e. The first-order valence-electron chi connectivity index (χ1n) is 9.17. The monoisotopic (exact) mass is 406 g/mol. The summed E-state index contributed by atoms with van der Waals surface area (Å²) in [5, 5.41) is 4.10. The van der Waals surface area contributed by atoms with Gasteiger partial charge in [-0.2, -0.15) is 0 Å². The van der Waals surface area contributed by atoms with Crippen LogP contribution in [0.3, 0.4) is 0 Å². The molecule has 2 aliphatic heterocycles. The van der Waals surface area contributed by atoms with E-state index in [2.05, 4.69) is 5.32 Å². The standard InChI is InChI=1S/C21H23ClN2O2.ClH/c22-17-2-1-3-19(14-17)26-18-6-4-16(5-7-18)20(25)24-12-9-21(10-13-24)8-11-23-15-21;/h1-7,14,23H,8-13,15H2;1H. The summed E-state index contributed by atoms with van der Waals surface area (Å²) in [6.45, 7) is 3.91. The Morgan fingerprint density at radius 1 is 1.04 bits per heavy atom. The number of hydrogen-bond acceptors (Lipinski definition) is 3. The number of likely N-dealkylation sites (tertiary alicyclic amines) is 1. The predicted octanol–water partition coefficient (Wildman–Crippen LogP) is 4.77. The Labute approximate surface area is 171 Å². The number of ether oxygens (including phenoxy) is 1. The van der Waals surface area contributed by atoms with Crippen LogP contribution < -0.4 is 10.1 Å². The summed E-state index contributed by atoms with van der Waals surface area (Å²) in [6.07, 6.45) is 3.44. The van der Waals surface area contributed by atoms with Crippen LogP contribution in [0.15, 0.2) is 48.5 Å². The van der Waals surface area contributed by atoms with Gasteiger partial charge in [0.15, 0.2) is 0 Å². The van der Waals surface area contributed by atoms with Crippen LogP contribution in [-0.2, 0) is 0 Å².